The summed E-state index contributed by atoms with van der Waals surface area (Å²) in [7, 11) is 0. The number of nitrogens with one attached hydrogen (secondary N) is 13. The number of unbranched alkanes of at least 4 members (excludes halogenated alkanes) is 6. The molecule has 8 rings (SSSR count). The molecule has 0 bridgehead atoms. The molecule has 720 valence electrons. The molecule has 0 radical (unpaired) electrons. The monoisotopic (exact) mass is 1790 g/mol. The smallest absolute Gasteiger partial charge is 0.246 e. The highest BCUT2D eigenvalue weighted by Crippen LogP contribution is 2.40. The fraction of sp³-hybridized carbons (Fsp3) is 0.848. The third kappa shape index (κ3) is 29.1. The molecule has 29 N–H and O–H groups in total. The summed E-state index contributed by atoms with van der Waals surface area (Å²) in [6.45, 7) is 1.92. The largest absolute Gasteiger partial charge is 0.368 e. The van der Waals surface area contributed by atoms with Gasteiger partial charge in [-0.2, -0.15) is 0 Å². The molecule has 0 aromatic heterocycles. The minimum atomic E-state index is -1.58. The van der Waals surface area contributed by atoms with Crippen LogP contribution in [0.15, 0.2) is 0 Å². The highest BCUT2D eigenvalue weighted by Gasteiger charge is 2.55. The molecule has 14 amide bonds. The van der Waals surface area contributed by atoms with E-state index in [1.54, 1.807) is 0 Å². The van der Waals surface area contributed by atoms with E-state index in [2.05, 4.69) is 69.1 Å². The van der Waals surface area contributed by atoms with Crippen LogP contribution in [0.1, 0.15) is 372 Å². The van der Waals surface area contributed by atoms with Crippen molar-refractivity contribution in [3.63, 3.8) is 0 Å². The van der Waals surface area contributed by atoms with Crippen molar-refractivity contribution < 1.29 is 67.1 Å². The van der Waals surface area contributed by atoms with E-state index in [0.29, 0.717) is 251 Å². The predicted molar refractivity (Wildman–Crippen MR) is 486 cm³/mol. The van der Waals surface area contributed by atoms with Gasteiger partial charge in [0.25, 0.3) is 0 Å². The van der Waals surface area contributed by atoms with Gasteiger partial charge in [-0.05, 0) is 251 Å². The van der Waals surface area contributed by atoms with Crippen molar-refractivity contribution in [2.24, 2.45) is 45.9 Å². The van der Waals surface area contributed by atoms with Gasteiger partial charge in [0.05, 0.1) is 6.04 Å². The molecule has 127 heavy (non-hydrogen) atoms. The summed E-state index contributed by atoms with van der Waals surface area (Å²) >= 11 is 0. The van der Waals surface area contributed by atoms with Crippen molar-refractivity contribution in [1.82, 2.24) is 69.1 Å². The fourth-order valence-corrected chi connectivity index (χ4v) is 21.1. The van der Waals surface area contributed by atoms with Crippen molar-refractivity contribution in [2.45, 2.75) is 453 Å². The van der Waals surface area contributed by atoms with Gasteiger partial charge in [-0.3, -0.25) is 67.1 Å². The highest BCUT2D eigenvalue weighted by atomic mass is 16.2. The predicted octanol–water partition coefficient (Wildman–Crippen LogP) is 3.55. The van der Waals surface area contributed by atoms with E-state index in [1.165, 1.54) is 0 Å². The second kappa shape index (κ2) is 51.8. The number of rotatable bonds is 51. The Morgan fingerprint density at radius 2 is 0.370 bits per heavy atom. The second-order valence-corrected chi connectivity index (χ2v) is 38.8. The Hall–Kier alpha value is -7.70. The van der Waals surface area contributed by atoms with Crippen LogP contribution in [0.5, 0.6) is 0 Å². The molecule has 8 saturated carbocycles. The van der Waals surface area contributed by atoms with Crippen molar-refractivity contribution in [1.29, 1.82) is 0 Å². The van der Waals surface area contributed by atoms with E-state index < -0.39 is 163 Å². The molecule has 35 nitrogen and oxygen atoms in total. The van der Waals surface area contributed by atoms with Gasteiger partial charge in [0.2, 0.25) is 82.7 Å². The zero-order valence-corrected chi connectivity index (χ0v) is 76.6. The zero-order valence-electron chi connectivity index (χ0n) is 76.6. The maximum absolute atomic E-state index is 15.7. The summed E-state index contributed by atoms with van der Waals surface area (Å²) in [5, 5.41) is 40.0. The molecule has 8 aliphatic rings. The summed E-state index contributed by atoms with van der Waals surface area (Å²) in [6.07, 6.45) is 26.8. The number of carbonyl (C=O) groups is 14. The Labute approximate surface area is 753 Å². The van der Waals surface area contributed by atoms with Crippen LogP contribution in [0.3, 0.4) is 0 Å². The first-order valence-electron chi connectivity index (χ1n) is 49.5. The molecular weight excluding hydrogens is 1620 g/mol. The molecule has 0 heterocycles. The maximum Gasteiger partial charge on any atom is 0.246 e. The molecular formula is C92H163N21O14. The lowest BCUT2D eigenvalue weighted by Gasteiger charge is -2.44. The number of hydrogen-bond donors (Lipinski definition) is 21. The van der Waals surface area contributed by atoms with Gasteiger partial charge in [-0.15, -0.1) is 0 Å². The number of primary amides is 1. The first-order valence-corrected chi connectivity index (χ1v) is 49.5. The number of amides is 14. The van der Waals surface area contributed by atoms with E-state index >= 15 is 43.2 Å². The Morgan fingerprint density at radius 1 is 0.197 bits per heavy atom. The Kier molecular flexibility index (Phi) is 42.7. The molecule has 0 spiro atoms. The van der Waals surface area contributed by atoms with Crippen LogP contribution in [0, 0.1) is 0 Å². The SMILES string of the molecule is NCCCC[C@H](NC(=O)[C@H](CCCCN)NC(=O)C1(NC(=O)C2(NC(=O)[C@H](CCCCN)NC(=O)C3(NC(=O)C4(NC(=O)[C@H](CCCCN)NC(=O)[C@H](CCCCN)NC(=O)C5(NC(=O)C6(NC(=O)[C@@H](N)CCCCN)CCCCC6)CCCCC5)CCCCC4)CCCCC3)CCCCC2)CCCCC1)C(=O)NC1(C(=O)NC2(C(N)=O)CCCCC2)CCCCC1. The van der Waals surface area contributed by atoms with E-state index in [-0.39, 0.29) is 109 Å². The molecule has 0 unspecified atom stereocenters. The van der Waals surface area contributed by atoms with Crippen LogP contribution >= 0.6 is 0 Å². The highest BCUT2D eigenvalue weighted by molar-refractivity contribution is 6.04. The van der Waals surface area contributed by atoms with E-state index in [9.17, 15) is 24.0 Å². The number of carbonyl (C=O) groups excluding carboxylic acids is 14. The summed E-state index contributed by atoms with van der Waals surface area (Å²) in [4.78, 5) is 210. The van der Waals surface area contributed by atoms with Crippen molar-refractivity contribution in [3.05, 3.63) is 0 Å². The van der Waals surface area contributed by atoms with E-state index in [1.807, 2.05) is 0 Å². The zero-order chi connectivity index (χ0) is 92.0. The van der Waals surface area contributed by atoms with Crippen LogP contribution in [-0.2, 0) is 67.1 Å². The maximum atomic E-state index is 15.7. The lowest BCUT2D eigenvalue weighted by Crippen LogP contribution is -2.71. The number of hydrogen-bond acceptors (Lipinski definition) is 21. The van der Waals surface area contributed by atoms with Crippen LogP contribution in [0.25, 0.3) is 0 Å². The van der Waals surface area contributed by atoms with Gasteiger partial charge in [0.15, 0.2) is 0 Å². The Balaban J connectivity index is 0.994. The standard InChI is InChI=1S/C92H163N21O14/c93-59-31-9-37-65(99)71(114)106-89(51-23-5-24-52-89)82(125)111-86(45-17-2-18-46-86)78(121)103-66(38-10-32-60-94)73(116)102-69(41-13-35-63-97)75(118)108-91(55-27-7-28-56-91)83(126)113-88(49-21-4-22-50-88)80(123)105-70(42-14-36-64-98)76(119)109-92(57-29-8-30-58-92)84(127)112-87(47-19-3-20-48-87)79(122)104-67(39-11-33-61-95)72(115)101-68(40-12-34-62-96)74(117)107-90(53-25-6-26-54-90)81(124)110-85(77(100)120)43-15-1-16-44-85/h65-70H,1-64,93-99H2,(H2,100,120)(H,101,115)(H,102,116)(H,103,121)(H,104,122)(H,105,123)(H,106,114)(H,107,117)(H,108,118)(H,109,119)(H,110,124)(H,111,125)(H,112,127)(H,113,126)/t65-,66-,67-,68-,69-,70-/m0/s1. The molecule has 0 saturated heterocycles. The lowest BCUT2D eigenvalue weighted by atomic mass is 9.76. The molecule has 0 aromatic carbocycles. The third-order valence-corrected chi connectivity index (χ3v) is 29.2. The lowest BCUT2D eigenvalue weighted by molar-refractivity contribution is -0.144. The first-order chi connectivity index (χ1) is 61.1. The summed E-state index contributed by atoms with van der Waals surface area (Å²) in [5.41, 5.74) is 36.4. The van der Waals surface area contributed by atoms with E-state index in [4.69, 9.17) is 45.9 Å². The molecule has 0 aromatic rings. The van der Waals surface area contributed by atoms with Gasteiger partial charge < -0.3 is 115 Å². The van der Waals surface area contributed by atoms with Crippen molar-refractivity contribution >= 4 is 82.7 Å². The van der Waals surface area contributed by atoms with E-state index in [0.717, 1.165) is 51.4 Å². The minimum absolute atomic E-state index is 0.0975. The van der Waals surface area contributed by atoms with Gasteiger partial charge in [-0.1, -0.05) is 161 Å². The average Bonchev–Trinajstić information content (AvgIpc) is 0.785. The second-order valence-electron chi connectivity index (χ2n) is 38.8. The Morgan fingerprint density at radius 3 is 0.583 bits per heavy atom. The quantitative estimate of drug-likeness (QED) is 0.0387. The number of nitrogens with two attached hydrogens (primary N) is 8. The van der Waals surface area contributed by atoms with Crippen molar-refractivity contribution in [3.8, 4) is 0 Å². The van der Waals surface area contributed by atoms with Gasteiger partial charge in [0, 0.05) is 0 Å². The van der Waals surface area contributed by atoms with Gasteiger partial charge in [0.1, 0.15) is 74.5 Å². The third-order valence-electron chi connectivity index (χ3n) is 29.2. The van der Waals surface area contributed by atoms with Crippen molar-refractivity contribution in [2.75, 3.05) is 39.3 Å². The van der Waals surface area contributed by atoms with Gasteiger partial charge >= 0.3 is 0 Å². The fourth-order valence-electron chi connectivity index (χ4n) is 21.1. The van der Waals surface area contributed by atoms with Crippen LogP contribution in [-0.4, -0.2) is 203 Å². The van der Waals surface area contributed by atoms with Gasteiger partial charge in [-0.25, -0.2) is 0 Å². The summed E-state index contributed by atoms with van der Waals surface area (Å²) in [6, 6.07) is -6.96. The van der Waals surface area contributed by atoms with Crippen LogP contribution in [0.4, 0.5) is 0 Å². The summed E-state index contributed by atoms with van der Waals surface area (Å²) < 4.78 is 0. The normalized spacial score (nSPS) is 21.6. The van der Waals surface area contributed by atoms with Crippen LogP contribution in [0.2, 0.25) is 0 Å². The topological polar surface area (TPSA) is 604 Å². The summed E-state index contributed by atoms with van der Waals surface area (Å²) in [5.74, 6) is -8.31. The molecule has 35 heteroatoms. The molecule has 8 aliphatic carbocycles. The average molecular weight is 1790 g/mol. The molecule has 8 fully saturated rings. The first kappa shape index (κ1) is 105. The molecule has 6 atom stereocenters. The Bertz CT molecular complexity index is 3560. The minimum Gasteiger partial charge on any atom is -0.368 e. The molecule has 0 aliphatic heterocycles. The van der Waals surface area contributed by atoms with Crippen LogP contribution < -0.4 is 115 Å².